The maximum Gasteiger partial charge on any atom is 0.244 e. The Kier molecular flexibility index (Phi) is 4.93. The number of benzene rings is 1. The van der Waals surface area contributed by atoms with E-state index >= 15 is 0 Å². The normalized spacial score (nSPS) is 16.7. The van der Waals surface area contributed by atoms with Crippen molar-refractivity contribution in [3.63, 3.8) is 0 Å². The first kappa shape index (κ1) is 17.4. The number of rotatable bonds is 5. The van der Waals surface area contributed by atoms with Crippen molar-refractivity contribution in [2.45, 2.75) is 25.7 Å². The molecular formula is C20H20FN5O. The average molecular weight is 365 g/mol. The van der Waals surface area contributed by atoms with Gasteiger partial charge in [0.25, 0.3) is 0 Å². The minimum Gasteiger partial charge on any atom is -0.350 e. The molecular weight excluding hydrogens is 345 g/mol. The van der Waals surface area contributed by atoms with Crippen LogP contribution in [0.1, 0.15) is 22.9 Å². The van der Waals surface area contributed by atoms with Crippen LogP contribution in [-0.2, 0) is 24.4 Å². The van der Waals surface area contributed by atoms with Gasteiger partial charge in [-0.05, 0) is 29.3 Å². The fourth-order valence-electron chi connectivity index (χ4n) is 3.39. The second-order valence-electron chi connectivity index (χ2n) is 6.69. The van der Waals surface area contributed by atoms with Crippen LogP contribution in [0.15, 0.2) is 61.3 Å². The molecule has 0 radical (unpaired) electrons. The molecule has 0 spiro atoms. The molecule has 1 aromatic carbocycles. The Morgan fingerprint density at radius 2 is 2.07 bits per heavy atom. The van der Waals surface area contributed by atoms with E-state index in [1.807, 2.05) is 22.8 Å². The SMILES string of the molecule is O=C(NCc1cccnc1)[C@@H]1CN(Cc2cccc(F)c2)Cc2cncn21. The summed E-state index contributed by atoms with van der Waals surface area (Å²) in [5.74, 6) is -0.317. The first-order valence-corrected chi connectivity index (χ1v) is 8.83. The Bertz CT molecular complexity index is 927. The maximum atomic E-state index is 13.5. The molecule has 1 atom stereocenters. The van der Waals surface area contributed by atoms with Gasteiger partial charge in [-0.3, -0.25) is 14.7 Å². The minimum atomic E-state index is -0.374. The van der Waals surface area contributed by atoms with Gasteiger partial charge in [-0.2, -0.15) is 0 Å². The first-order chi connectivity index (χ1) is 13.2. The van der Waals surface area contributed by atoms with Gasteiger partial charge in [0.15, 0.2) is 0 Å². The number of amides is 1. The number of halogens is 1. The minimum absolute atomic E-state index is 0.0676. The zero-order chi connectivity index (χ0) is 18.6. The molecule has 7 heteroatoms. The molecule has 138 valence electrons. The number of carbonyl (C=O) groups is 1. The smallest absolute Gasteiger partial charge is 0.244 e. The Hall–Kier alpha value is -3.06. The van der Waals surface area contributed by atoms with Crippen LogP contribution in [-0.4, -0.2) is 31.9 Å². The van der Waals surface area contributed by atoms with Crippen LogP contribution in [0.3, 0.4) is 0 Å². The molecule has 0 bridgehead atoms. The molecule has 27 heavy (non-hydrogen) atoms. The largest absolute Gasteiger partial charge is 0.350 e. The zero-order valence-corrected chi connectivity index (χ0v) is 14.8. The summed E-state index contributed by atoms with van der Waals surface area (Å²) in [4.78, 5) is 23.2. The van der Waals surface area contributed by atoms with Crippen LogP contribution in [0, 0.1) is 5.82 Å². The monoisotopic (exact) mass is 365 g/mol. The van der Waals surface area contributed by atoms with Crippen LogP contribution in [0.4, 0.5) is 4.39 Å². The van der Waals surface area contributed by atoms with Gasteiger partial charge >= 0.3 is 0 Å². The summed E-state index contributed by atoms with van der Waals surface area (Å²) < 4.78 is 15.4. The van der Waals surface area contributed by atoms with Crippen LogP contribution in [0.5, 0.6) is 0 Å². The van der Waals surface area contributed by atoms with Gasteiger partial charge < -0.3 is 9.88 Å². The van der Waals surface area contributed by atoms with Gasteiger partial charge in [0.05, 0.1) is 12.0 Å². The predicted molar refractivity (Wildman–Crippen MR) is 97.9 cm³/mol. The molecule has 1 amide bonds. The molecule has 1 aliphatic rings. The average Bonchev–Trinajstić information content (AvgIpc) is 3.15. The third-order valence-electron chi connectivity index (χ3n) is 4.69. The van der Waals surface area contributed by atoms with Gasteiger partial charge in [0.2, 0.25) is 5.91 Å². The van der Waals surface area contributed by atoms with Crippen molar-refractivity contribution in [1.29, 1.82) is 0 Å². The standard InChI is InChI=1S/C20H20FN5O/c21-17-5-1-3-15(7-17)11-25-12-18-10-23-14-26(18)19(13-25)20(27)24-9-16-4-2-6-22-8-16/h1-8,10,14,19H,9,11-13H2,(H,24,27)/t19-/m0/s1. The van der Waals surface area contributed by atoms with E-state index in [0.29, 0.717) is 26.2 Å². The van der Waals surface area contributed by atoms with Crippen molar-refractivity contribution in [3.05, 3.63) is 84.0 Å². The lowest BCUT2D eigenvalue weighted by Gasteiger charge is -2.33. The van der Waals surface area contributed by atoms with Crippen LogP contribution < -0.4 is 5.32 Å². The summed E-state index contributed by atoms with van der Waals surface area (Å²) in [5.41, 5.74) is 2.81. The Morgan fingerprint density at radius 1 is 1.19 bits per heavy atom. The molecule has 0 fully saturated rings. The Labute approximate surface area is 156 Å². The molecule has 3 heterocycles. The summed E-state index contributed by atoms with van der Waals surface area (Å²) in [6, 6.07) is 9.96. The summed E-state index contributed by atoms with van der Waals surface area (Å²) in [5, 5.41) is 2.98. The van der Waals surface area contributed by atoms with Crippen molar-refractivity contribution in [1.82, 2.24) is 24.8 Å². The maximum absolute atomic E-state index is 13.5. The van der Waals surface area contributed by atoms with Crippen molar-refractivity contribution in [3.8, 4) is 0 Å². The summed E-state index contributed by atoms with van der Waals surface area (Å²) in [6.07, 6.45) is 6.91. The van der Waals surface area contributed by atoms with E-state index < -0.39 is 0 Å². The van der Waals surface area contributed by atoms with E-state index in [1.165, 1.54) is 12.1 Å². The van der Waals surface area contributed by atoms with Crippen molar-refractivity contribution >= 4 is 5.91 Å². The van der Waals surface area contributed by atoms with Gasteiger partial charge in [-0.25, -0.2) is 9.37 Å². The Balaban J connectivity index is 1.47. The second kappa shape index (κ2) is 7.67. The highest BCUT2D eigenvalue weighted by atomic mass is 19.1. The van der Waals surface area contributed by atoms with Crippen LogP contribution in [0.25, 0.3) is 0 Å². The number of carbonyl (C=O) groups excluding carboxylic acids is 1. The van der Waals surface area contributed by atoms with Crippen LogP contribution >= 0.6 is 0 Å². The fraction of sp³-hybridized carbons (Fsp3) is 0.250. The molecule has 0 saturated carbocycles. The quantitative estimate of drug-likeness (QED) is 0.754. The number of nitrogens with one attached hydrogen (secondary N) is 1. The molecule has 0 unspecified atom stereocenters. The number of nitrogens with zero attached hydrogens (tertiary/aromatic N) is 4. The number of hydrogen-bond acceptors (Lipinski definition) is 4. The van der Waals surface area contributed by atoms with Crippen molar-refractivity contribution in [2.75, 3.05) is 6.54 Å². The number of imidazole rings is 1. The molecule has 4 rings (SSSR count). The highest BCUT2D eigenvalue weighted by Gasteiger charge is 2.30. The second-order valence-corrected chi connectivity index (χ2v) is 6.69. The summed E-state index contributed by atoms with van der Waals surface area (Å²) in [7, 11) is 0. The topological polar surface area (TPSA) is 63.1 Å². The molecule has 2 aromatic heterocycles. The van der Waals surface area contributed by atoms with Gasteiger partial charge in [-0.15, -0.1) is 0 Å². The number of pyridine rings is 1. The molecule has 0 aliphatic carbocycles. The number of aromatic nitrogens is 3. The van der Waals surface area contributed by atoms with Crippen LogP contribution in [0.2, 0.25) is 0 Å². The lowest BCUT2D eigenvalue weighted by atomic mass is 10.1. The third-order valence-corrected chi connectivity index (χ3v) is 4.69. The lowest BCUT2D eigenvalue weighted by molar-refractivity contribution is -0.125. The fourth-order valence-corrected chi connectivity index (χ4v) is 3.39. The Morgan fingerprint density at radius 3 is 2.89 bits per heavy atom. The van der Waals surface area contributed by atoms with E-state index in [4.69, 9.17) is 0 Å². The predicted octanol–water partition coefficient (Wildman–Crippen LogP) is 2.29. The number of fused-ring (bicyclic) bond motifs is 1. The van der Waals surface area contributed by atoms with Crippen molar-refractivity contribution < 1.29 is 9.18 Å². The molecule has 1 aliphatic heterocycles. The van der Waals surface area contributed by atoms with Gasteiger partial charge in [0.1, 0.15) is 11.9 Å². The molecule has 0 saturated heterocycles. The van der Waals surface area contributed by atoms with Gasteiger partial charge in [0, 0.05) is 44.8 Å². The number of hydrogen-bond donors (Lipinski definition) is 1. The van der Waals surface area contributed by atoms with E-state index in [2.05, 4.69) is 20.2 Å². The zero-order valence-electron chi connectivity index (χ0n) is 14.8. The van der Waals surface area contributed by atoms with Crippen molar-refractivity contribution in [2.24, 2.45) is 0 Å². The first-order valence-electron chi connectivity index (χ1n) is 8.83. The third kappa shape index (κ3) is 4.03. The highest BCUT2D eigenvalue weighted by molar-refractivity contribution is 5.80. The van der Waals surface area contributed by atoms with E-state index in [0.717, 1.165) is 16.8 Å². The summed E-state index contributed by atoms with van der Waals surface area (Å²) in [6.45, 7) is 2.22. The highest BCUT2D eigenvalue weighted by Crippen LogP contribution is 2.23. The van der Waals surface area contributed by atoms with E-state index in [-0.39, 0.29) is 17.8 Å². The summed E-state index contributed by atoms with van der Waals surface area (Å²) >= 11 is 0. The molecule has 1 N–H and O–H groups in total. The van der Waals surface area contributed by atoms with E-state index in [1.54, 1.807) is 31.0 Å². The lowest BCUT2D eigenvalue weighted by Crippen LogP contribution is -2.44. The molecule has 3 aromatic rings. The van der Waals surface area contributed by atoms with Gasteiger partial charge in [-0.1, -0.05) is 18.2 Å². The molecule has 6 nitrogen and oxygen atoms in total. The van der Waals surface area contributed by atoms with E-state index in [9.17, 15) is 9.18 Å².